The van der Waals surface area contributed by atoms with Gasteiger partial charge in [0, 0.05) is 45.2 Å². The van der Waals surface area contributed by atoms with Gasteiger partial charge in [-0.1, -0.05) is 20.8 Å². The summed E-state index contributed by atoms with van der Waals surface area (Å²) in [6.07, 6.45) is 0.809. The highest BCUT2D eigenvalue weighted by atomic mass is 16.5. The maximum Gasteiger partial charge on any atom is 0.183 e. The van der Waals surface area contributed by atoms with Gasteiger partial charge in [0.15, 0.2) is 11.5 Å². The van der Waals surface area contributed by atoms with Crippen molar-refractivity contribution in [3.63, 3.8) is 0 Å². The summed E-state index contributed by atoms with van der Waals surface area (Å²) in [4.78, 5) is 22.6. The van der Waals surface area contributed by atoms with Crippen LogP contribution in [0.4, 0.5) is 5.82 Å². The molecule has 27 heavy (non-hydrogen) atoms. The van der Waals surface area contributed by atoms with E-state index < -0.39 is 0 Å². The van der Waals surface area contributed by atoms with Gasteiger partial charge in [0.05, 0.1) is 19.8 Å². The normalized spacial score (nSPS) is 22.1. The summed E-state index contributed by atoms with van der Waals surface area (Å²) in [5.74, 6) is 3.43. The fourth-order valence-corrected chi connectivity index (χ4v) is 3.86. The van der Waals surface area contributed by atoms with Crippen LogP contribution in [0.1, 0.15) is 32.4 Å². The Kier molecular flexibility index (Phi) is 5.56. The number of H-pyrrole nitrogens is 1. The Bertz CT molecular complexity index is 769. The minimum Gasteiger partial charge on any atom is -0.378 e. The molecule has 0 bridgehead atoms. The Morgan fingerprint density at radius 1 is 1.15 bits per heavy atom. The minimum atomic E-state index is 0.540. The molecule has 0 amide bonds. The molecule has 0 saturated carbocycles. The summed E-state index contributed by atoms with van der Waals surface area (Å²) in [7, 11) is 0. The van der Waals surface area contributed by atoms with Crippen molar-refractivity contribution in [2.45, 2.75) is 39.8 Å². The number of piperazine rings is 1. The number of hydrogen-bond donors (Lipinski definition) is 2. The summed E-state index contributed by atoms with van der Waals surface area (Å²) < 4.78 is 5.50. The SMILES string of the molecule is CCc1nc(N2CCOCC2)c2[nH]c(CN3CCN[C@@H](C(C)C)C3)nc2n1. The molecule has 4 rings (SSSR count). The van der Waals surface area contributed by atoms with Crippen molar-refractivity contribution in [3.8, 4) is 0 Å². The zero-order valence-electron chi connectivity index (χ0n) is 16.7. The van der Waals surface area contributed by atoms with Crippen LogP contribution < -0.4 is 10.2 Å². The number of anilines is 1. The zero-order chi connectivity index (χ0) is 18.8. The van der Waals surface area contributed by atoms with E-state index in [9.17, 15) is 0 Å². The summed E-state index contributed by atoms with van der Waals surface area (Å²) in [5.41, 5.74) is 1.74. The van der Waals surface area contributed by atoms with Gasteiger partial charge < -0.3 is 19.9 Å². The molecule has 1 atom stereocenters. The van der Waals surface area contributed by atoms with E-state index >= 15 is 0 Å². The van der Waals surface area contributed by atoms with E-state index in [1.165, 1.54) is 0 Å². The number of aromatic amines is 1. The van der Waals surface area contributed by atoms with Crippen molar-refractivity contribution >= 4 is 17.0 Å². The average Bonchev–Trinajstić information content (AvgIpc) is 3.10. The van der Waals surface area contributed by atoms with Crippen molar-refractivity contribution in [2.24, 2.45) is 5.92 Å². The highest BCUT2D eigenvalue weighted by molar-refractivity contribution is 5.83. The van der Waals surface area contributed by atoms with Gasteiger partial charge in [-0.25, -0.2) is 15.0 Å². The summed E-state index contributed by atoms with van der Waals surface area (Å²) in [6, 6.07) is 0.540. The van der Waals surface area contributed by atoms with E-state index in [1.54, 1.807) is 0 Å². The van der Waals surface area contributed by atoms with Gasteiger partial charge in [-0.05, 0) is 5.92 Å². The van der Waals surface area contributed by atoms with Crippen LogP contribution in [-0.4, -0.2) is 76.8 Å². The van der Waals surface area contributed by atoms with Gasteiger partial charge in [0.1, 0.15) is 17.2 Å². The first-order valence-corrected chi connectivity index (χ1v) is 10.2. The third-order valence-corrected chi connectivity index (χ3v) is 5.52. The molecule has 0 aromatic carbocycles. The second-order valence-electron chi connectivity index (χ2n) is 7.84. The monoisotopic (exact) mass is 373 g/mol. The Balaban J connectivity index is 1.59. The smallest absolute Gasteiger partial charge is 0.183 e. The number of hydrogen-bond acceptors (Lipinski definition) is 7. The number of fused-ring (bicyclic) bond motifs is 1. The van der Waals surface area contributed by atoms with Crippen LogP contribution in [0.2, 0.25) is 0 Å². The Labute approximate surface area is 160 Å². The van der Waals surface area contributed by atoms with E-state index in [0.717, 1.165) is 87.5 Å². The van der Waals surface area contributed by atoms with E-state index in [0.29, 0.717) is 12.0 Å². The highest BCUT2D eigenvalue weighted by Gasteiger charge is 2.24. The lowest BCUT2D eigenvalue weighted by Gasteiger charge is -2.35. The predicted octanol–water partition coefficient (Wildman–Crippen LogP) is 1.18. The molecule has 2 N–H and O–H groups in total. The van der Waals surface area contributed by atoms with Crippen molar-refractivity contribution in [3.05, 3.63) is 11.6 Å². The lowest BCUT2D eigenvalue weighted by atomic mass is 10.0. The molecule has 2 saturated heterocycles. The second-order valence-corrected chi connectivity index (χ2v) is 7.84. The van der Waals surface area contributed by atoms with E-state index in [-0.39, 0.29) is 0 Å². The highest BCUT2D eigenvalue weighted by Crippen LogP contribution is 2.24. The number of rotatable bonds is 5. The average molecular weight is 374 g/mol. The van der Waals surface area contributed by atoms with Crippen LogP contribution >= 0.6 is 0 Å². The molecule has 2 aromatic heterocycles. The second kappa shape index (κ2) is 8.08. The Morgan fingerprint density at radius 3 is 2.70 bits per heavy atom. The summed E-state index contributed by atoms with van der Waals surface area (Å²) in [5, 5.41) is 3.61. The third kappa shape index (κ3) is 4.07. The third-order valence-electron chi connectivity index (χ3n) is 5.52. The minimum absolute atomic E-state index is 0.540. The van der Waals surface area contributed by atoms with Crippen LogP contribution in [0.25, 0.3) is 11.2 Å². The van der Waals surface area contributed by atoms with Gasteiger partial charge in [-0.15, -0.1) is 0 Å². The first-order valence-electron chi connectivity index (χ1n) is 10.2. The lowest BCUT2D eigenvalue weighted by molar-refractivity contribution is 0.122. The maximum atomic E-state index is 5.50. The molecule has 2 aromatic rings. The Hall–Kier alpha value is -1.77. The number of morpholine rings is 1. The molecule has 8 nitrogen and oxygen atoms in total. The maximum absolute atomic E-state index is 5.50. The van der Waals surface area contributed by atoms with Gasteiger partial charge >= 0.3 is 0 Å². The molecular formula is C19H31N7O. The molecule has 4 heterocycles. The van der Waals surface area contributed by atoms with E-state index in [2.05, 4.69) is 45.9 Å². The zero-order valence-corrected chi connectivity index (χ0v) is 16.7. The van der Waals surface area contributed by atoms with Crippen molar-refractivity contribution in [1.29, 1.82) is 0 Å². The number of ether oxygens (including phenoxy) is 1. The summed E-state index contributed by atoms with van der Waals surface area (Å²) >= 11 is 0. The molecule has 2 aliphatic rings. The first kappa shape index (κ1) is 18.6. The molecule has 0 spiro atoms. The van der Waals surface area contributed by atoms with Gasteiger partial charge in [-0.3, -0.25) is 4.90 Å². The van der Waals surface area contributed by atoms with Crippen LogP contribution in [0, 0.1) is 5.92 Å². The van der Waals surface area contributed by atoms with Gasteiger partial charge in [0.2, 0.25) is 0 Å². The lowest BCUT2D eigenvalue weighted by Crippen LogP contribution is -2.52. The molecule has 2 aliphatic heterocycles. The van der Waals surface area contributed by atoms with Crippen molar-refractivity contribution in [2.75, 3.05) is 50.8 Å². The first-order chi connectivity index (χ1) is 13.1. The number of aromatic nitrogens is 4. The number of aryl methyl sites for hydroxylation is 1. The quantitative estimate of drug-likeness (QED) is 0.814. The van der Waals surface area contributed by atoms with Gasteiger partial charge in [-0.2, -0.15) is 0 Å². The predicted molar refractivity (Wildman–Crippen MR) is 106 cm³/mol. The molecule has 8 heteroatoms. The molecule has 0 radical (unpaired) electrons. The van der Waals surface area contributed by atoms with Crippen LogP contribution in [0.3, 0.4) is 0 Å². The molecule has 0 unspecified atom stereocenters. The van der Waals surface area contributed by atoms with Crippen LogP contribution in [-0.2, 0) is 17.7 Å². The molecule has 2 fully saturated rings. The molecular weight excluding hydrogens is 342 g/mol. The standard InChI is InChI=1S/C19H31N7O/c1-4-15-22-18-17(19(24-15)26-7-9-27-10-8-26)21-16(23-18)12-25-6-5-20-14(11-25)13(2)3/h13-14,20H,4-12H2,1-3H3,(H,21,22,23,24)/t14-/m1/s1. The molecule has 0 aliphatic carbocycles. The van der Waals surface area contributed by atoms with Crippen LogP contribution in [0.5, 0.6) is 0 Å². The fraction of sp³-hybridized carbons (Fsp3) is 0.737. The fourth-order valence-electron chi connectivity index (χ4n) is 3.86. The topological polar surface area (TPSA) is 82.2 Å². The number of nitrogens with zero attached hydrogens (tertiary/aromatic N) is 5. The largest absolute Gasteiger partial charge is 0.378 e. The number of nitrogens with one attached hydrogen (secondary N) is 2. The summed E-state index contributed by atoms with van der Waals surface area (Å²) in [6.45, 7) is 13.8. The van der Waals surface area contributed by atoms with E-state index in [4.69, 9.17) is 14.7 Å². The Morgan fingerprint density at radius 2 is 1.96 bits per heavy atom. The van der Waals surface area contributed by atoms with Gasteiger partial charge in [0.25, 0.3) is 0 Å². The number of imidazole rings is 1. The van der Waals surface area contributed by atoms with Crippen molar-refractivity contribution in [1.82, 2.24) is 30.2 Å². The van der Waals surface area contributed by atoms with Crippen molar-refractivity contribution < 1.29 is 4.74 Å². The molecule has 148 valence electrons. The van der Waals surface area contributed by atoms with E-state index in [1.807, 2.05) is 0 Å². The van der Waals surface area contributed by atoms with Crippen LogP contribution in [0.15, 0.2) is 0 Å².